The van der Waals surface area contributed by atoms with Crippen molar-refractivity contribution in [3.8, 4) is 23.0 Å². The molecule has 0 heterocycles. The minimum Gasteiger partial charge on any atom is -0.504 e. The number of phenolic OH excluding ortho intramolecular Hbond substituents is 4. The van der Waals surface area contributed by atoms with Crippen LogP contribution in [0.15, 0.2) is 24.3 Å². The van der Waals surface area contributed by atoms with Crippen LogP contribution in [-0.4, -0.2) is 42.8 Å². The Hall–Kier alpha value is -2.44. The van der Waals surface area contributed by atoms with Crippen molar-refractivity contribution < 1.29 is 30.6 Å². The molecule has 2 aromatic rings. The van der Waals surface area contributed by atoms with Crippen molar-refractivity contribution in [3.05, 3.63) is 46.5 Å². The topological polar surface area (TPSA) is 121 Å². The summed E-state index contributed by atoms with van der Waals surface area (Å²) in [6.45, 7) is 4.55. The van der Waals surface area contributed by atoms with E-state index in [-0.39, 0.29) is 46.0 Å². The Balaban J connectivity index is 0.000000137. The number of hydrogen-bond acceptors (Lipinski definition) is 6. The lowest BCUT2D eigenvalue weighted by Crippen LogP contribution is -2.43. The lowest BCUT2D eigenvalue weighted by Gasteiger charge is -2.50. The van der Waals surface area contributed by atoms with Gasteiger partial charge in [-0.05, 0) is 170 Å². The zero-order chi connectivity index (χ0) is 29.6. The second-order valence-corrected chi connectivity index (χ2v) is 15.2. The van der Waals surface area contributed by atoms with Crippen LogP contribution in [-0.2, 0) is 12.8 Å². The first-order valence-electron chi connectivity index (χ1n) is 16.5. The molecule has 6 aliphatic carbocycles. The monoisotopic (exact) mass is 576 g/mol. The molecule has 6 nitrogen and oxygen atoms in total. The van der Waals surface area contributed by atoms with Crippen LogP contribution in [0.4, 0.5) is 0 Å². The second-order valence-electron chi connectivity index (χ2n) is 15.2. The average molecular weight is 577 g/mol. The molecular weight excluding hydrogens is 528 g/mol. The summed E-state index contributed by atoms with van der Waals surface area (Å²) in [7, 11) is 0. The Labute approximate surface area is 249 Å². The number of hydrogen-bond donors (Lipinski definition) is 6. The number of aliphatic hydroxyl groups is 2. The van der Waals surface area contributed by atoms with Gasteiger partial charge >= 0.3 is 0 Å². The largest absolute Gasteiger partial charge is 0.504 e. The molecule has 6 N–H and O–H groups in total. The van der Waals surface area contributed by atoms with Crippen LogP contribution in [0.3, 0.4) is 0 Å². The lowest BCUT2D eigenvalue weighted by molar-refractivity contribution is -0.0226. The predicted octanol–water partition coefficient (Wildman–Crippen LogP) is 6.63. The van der Waals surface area contributed by atoms with Crippen molar-refractivity contribution in [2.24, 2.45) is 34.5 Å². The maximum atomic E-state index is 10.4. The van der Waals surface area contributed by atoms with E-state index in [0.29, 0.717) is 35.5 Å². The smallest absolute Gasteiger partial charge is 0.157 e. The van der Waals surface area contributed by atoms with Crippen molar-refractivity contribution in [2.45, 2.75) is 115 Å². The van der Waals surface area contributed by atoms with Crippen molar-refractivity contribution in [1.82, 2.24) is 0 Å². The Kier molecular flexibility index (Phi) is 6.78. The minimum absolute atomic E-state index is 0.00383. The summed E-state index contributed by atoms with van der Waals surface area (Å²) >= 11 is 0. The van der Waals surface area contributed by atoms with E-state index < -0.39 is 0 Å². The van der Waals surface area contributed by atoms with E-state index in [0.717, 1.165) is 77.0 Å². The van der Waals surface area contributed by atoms with Crippen molar-refractivity contribution >= 4 is 0 Å². The Morgan fingerprint density at radius 2 is 0.905 bits per heavy atom. The van der Waals surface area contributed by atoms with Gasteiger partial charge in [0.05, 0.1) is 12.2 Å². The van der Waals surface area contributed by atoms with Gasteiger partial charge in [0, 0.05) is 0 Å². The van der Waals surface area contributed by atoms with Gasteiger partial charge in [0.2, 0.25) is 0 Å². The lowest BCUT2D eigenvalue weighted by atomic mass is 9.55. The van der Waals surface area contributed by atoms with Crippen LogP contribution in [0.5, 0.6) is 23.0 Å². The Morgan fingerprint density at radius 3 is 1.31 bits per heavy atom. The van der Waals surface area contributed by atoms with Crippen molar-refractivity contribution in [2.75, 3.05) is 0 Å². The highest BCUT2D eigenvalue weighted by Gasteiger charge is 2.55. The summed E-state index contributed by atoms with van der Waals surface area (Å²) < 4.78 is 0. The number of aromatic hydroxyl groups is 4. The molecule has 6 heteroatoms. The molecule has 0 aromatic heterocycles. The van der Waals surface area contributed by atoms with Gasteiger partial charge in [0.1, 0.15) is 0 Å². The number of phenols is 4. The molecule has 4 fully saturated rings. The molecule has 8 rings (SSSR count). The van der Waals surface area contributed by atoms with E-state index in [4.69, 9.17) is 0 Å². The van der Waals surface area contributed by atoms with Crippen LogP contribution < -0.4 is 0 Å². The number of fused-ring (bicyclic) bond motifs is 10. The average Bonchev–Trinajstić information content (AvgIpc) is 3.44. The minimum atomic E-state index is -0.141. The standard InChI is InChI=1S/2C18H24O3/c2*1-18-7-6-11-12(14(18)4-5-17(18)21)3-2-10-8-15(19)16(20)9-13(10)11/h2*8-9,11-12,14,17,19-21H,2-7H2,1H3/t11-,12+,14-,17?,18-;11-,12+,14-,17-,18-/m00/s1. The van der Waals surface area contributed by atoms with Crippen LogP contribution in [0.25, 0.3) is 0 Å². The van der Waals surface area contributed by atoms with Gasteiger partial charge in [-0.1, -0.05) is 13.8 Å². The first kappa shape index (κ1) is 28.3. The van der Waals surface area contributed by atoms with Crippen LogP contribution in [0, 0.1) is 34.5 Å². The maximum Gasteiger partial charge on any atom is 0.157 e. The highest BCUT2D eigenvalue weighted by molar-refractivity contribution is 5.49. The summed E-state index contributed by atoms with van der Waals surface area (Å²) in [6.07, 6.45) is 12.5. The third-order valence-electron chi connectivity index (χ3n) is 13.5. The quantitative estimate of drug-likeness (QED) is 0.196. The van der Waals surface area contributed by atoms with E-state index in [9.17, 15) is 30.6 Å². The molecule has 6 aliphatic rings. The molecule has 0 radical (unpaired) electrons. The normalized spacial score (nSPS) is 41.2. The van der Waals surface area contributed by atoms with Gasteiger partial charge < -0.3 is 30.6 Å². The Morgan fingerprint density at radius 1 is 0.524 bits per heavy atom. The van der Waals surface area contributed by atoms with Gasteiger partial charge in [-0.2, -0.15) is 0 Å². The molecule has 10 atom stereocenters. The van der Waals surface area contributed by atoms with E-state index >= 15 is 0 Å². The summed E-state index contributed by atoms with van der Waals surface area (Å²) in [5.41, 5.74) is 5.08. The van der Waals surface area contributed by atoms with E-state index in [1.54, 1.807) is 24.3 Å². The predicted molar refractivity (Wildman–Crippen MR) is 161 cm³/mol. The summed E-state index contributed by atoms with van der Waals surface area (Å²) in [5.74, 6) is 3.46. The van der Waals surface area contributed by atoms with Crippen LogP contribution >= 0.6 is 0 Å². The number of aliphatic hydroxyl groups excluding tert-OH is 2. The van der Waals surface area contributed by atoms with E-state index in [2.05, 4.69) is 13.8 Å². The van der Waals surface area contributed by atoms with Gasteiger partial charge in [-0.3, -0.25) is 0 Å². The zero-order valence-corrected chi connectivity index (χ0v) is 25.1. The third-order valence-corrected chi connectivity index (χ3v) is 13.5. The fourth-order valence-corrected chi connectivity index (χ4v) is 11.1. The van der Waals surface area contributed by atoms with Gasteiger partial charge in [0.25, 0.3) is 0 Å². The van der Waals surface area contributed by atoms with E-state index in [1.165, 1.54) is 22.3 Å². The molecule has 2 aromatic carbocycles. The van der Waals surface area contributed by atoms with Crippen molar-refractivity contribution in [3.63, 3.8) is 0 Å². The molecular formula is C36H48O6. The SMILES string of the molecule is C[C@]12CC[C@@H]3c4cc(O)c(O)cc4CC[C@H]3[C@@H]1CCC2O.C[C@]12CC[C@@H]3c4cc(O)c(O)cc4CC[C@H]3[C@@H]1CC[C@@H]2O. The summed E-state index contributed by atoms with van der Waals surface area (Å²) in [6, 6.07) is 7.07. The van der Waals surface area contributed by atoms with Crippen molar-refractivity contribution in [1.29, 1.82) is 0 Å². The summed E-state index contributed by atoms with van der Waals surface area (Å²) in [5, 5.41) is 59.9. The maximum absolute atomic E-state index is 10.4. The van der Waals surface area contributed by atoms with Crippen LogP contribution in [0.1, 0.15) is 112 Å². The molecule has 228 valence electrons. The molecule has 42 heavy (non-hydrogen) atoms. The van der Waals surface area contributed by atoms with Gasteiger partial charge in [0.15, 0.2) is 23.0 Å². The molecule has 0 aliphatic heterocycles. The Bertz CT molecular complexity index is 1270. The van der Waals surface area contributed by atoms with Crippen LogP contribution in [0.2, 0.25) is 0 Å². The first-order chi connectivity index (χ1) is 20.0. The summed E-state index contributed by atoms with van der Waals surface area (Å²) in [4.78, 5) is 0. The number of rotatable bonds is 0. The number of aryl methyl sites for hydroxylation is 2. The molecule has 0 amide bonds. The van der Waals surface area contributed by atoms with E-state index in [1.807, 2.05) is 0 Å². The third kappa shape index (κ3) is 4.18. The highest BCUT2D eigenvalue weighted by Crippen LogP contribution is 2.62. The molecule has 4 saturated carbocycles. The molecule has 0 bridgehead atoms. The van der Waals surface area contributed by atoms with Gasteiger partial charge in [-0.25, -0.2) is 0 Å². The zero-order valence-electron chi connectivity index (χ0n) is 25.1. The van der Waals surface area contributed by atoms with Gasteiger partial charge in [-0.15, -0.1) is 0 Å². The molecule has 0 spiro atoms. The molecule has 0 saturated heterocycles. The molecule has 1 unspecified atom stereocenters. The fraction of sp³-hybridized carbons (Fsp3) is 0.667. The second kappa shape index (κ2) is 10.1. The highest BCUT2D eigenvalue weighted by atomic mass is 16.3. The first-order valence-corrected chi connectivity index (χ1v) is 16.5. The fourth-order valence-electron chi connectivity index (χ4n) is 11.1. The number of benzene rings is 2.